The number of allylic oxidation sites excluding steroid dienone is 2. The molecule has 0 unspecified atom stereocenters. The molecule has 0 saturated carbocycles. The molecule has 2 aromatic rings. The second-order valence-corrected chi connectivity index (χ2v) is 7.44. The van der Waals surface area contributed by atoms with E-state index < -0.39 is 5.97 Å². The van der Waals surface area contributed by atoms with Gasteiger partial charge >= 0.3 is 5.97 Å². The molecule has 0 bridgehead atoms. The largest absolute Gasteiger partial charge is 0.507 e. The zero-order valence-electron chi connectivity index (χ0n) is 16.5. The van der Waals surface area contributed by atoms with Gasteiger partial charge in [-0.15, -0.1) is 0 Å². The predicted molar refractivity (Wildman–Crippen MR) is 114 cm³/mol. The van der Waals surface area contributed by atoms with Gasteiger partial charge in [-0.25, -0.2) is 4.79 Å². The lowest BCUT2D eigenvalue weighted by Crippen LogP contribution is -2.08. The molecule has 0 spiro atoms. The van der Waals surface area contributed by atoms with Gasteiger partial charge in [-0.05, 0) is 54.7 Å². The molecule has 0 saturated heterocycles. The van der Waals surface area contributed by atoms with E-state index in [9.17, 15) is 15.0 Å². The van der Waals surface area contributed by atoms with Crippen molar-refractivity contribution in [2.24, 2.45) is 4.99 Å². The quantitative estimate of drug-likeness (QED) is 0.791. The van der Waals surface area contributed by atoms with E-state index in [1.807, 2.05) is 13.0 Å². The molecular weight excluding hydrogens is 366 g/mol. The van der Waals surface area contributed by atoms with Gasteiger partial charge in [0.15, 0.2) is 0 Å². The van der Waals surface area contributed by atoms with Crippen molar-refractivity contribution < 1.29 is 19.7 Å². The number of aliphatic imine (C=N–C) groups is 1. The molecule has 148 valence electrons. The van der Waals surface area contributed by atoms with Crippen LogP contribution in [0.3, 0.4) is 0 Å². The van der Waals surface area contributed by atoms with Gasteiger partial charge in [0, 0.05) is 30.3 Å². The number of fused-ring (bicyclic) bond motifs is 3. The third-order valence-corrected chi connectivity index (χ3v) is 5.42. The number of benzene rings is 2. The first-order valence-corrected chi connectivity index (χ1v) is 9.69. The van der Waals surface area contributed by atoms with Crippen LogP contribution in [-0.2, 0) is 17.6 Å². The van der Waals surface area contributed by atoms with Crippen molar-refractivity contribution in [3.05, 3.63) is 70.0 Å². The number of aryl methyl sites for hydroxylation is 1. The van der Waals surface area contributed by atoms with Crippen LogP contribution in [0.4, 0.5) is 0 Å². The summed E-state index contributed by atoms with van der Waals surface area (Å²) in [7, 11) is 0. The maximum absolute atomic E-state index is 11.4. The Morgan fingerprint density at radius 2 is 1.93 bits per heavy atom. The van der Waals surface area contributed by atoms with Gasteiger partial charge in [0.2, 0.25) is 0 Å². The van der Waals surface area contributed by atoms with Gasteiger partial charge in [0.25, 0.3) is 0 Å². The standard InChI is InChI=1S/C24H23NO4/c1-14-4-3-5-16(10-14)20-12-19-15(2)11-22(26)21(24(27)28)13-25-8-6-17(19)18-7-9-29-23(18)20/h3-5,10-13,26H,6-9H2,1-2H3,(H,27,28)/b15-11+,22-21?,25-13?. The molecule has 2 aromatic carbocycles. The summed E-state index contributed by atoms with van der Waals surface area (Å²) >= 11 is 0. The number of aliphatic carboxylic acids is 1. The van der Waals surface area contributed by atoms with Crippen LogP contribution in [0.2, 0.25) is 0 Å². The molecule has 0 fully saturated rings. The van der Waals surface area contributed by atoms with Crippen LogP contribution in [-0.4, -0.2) is 35.5 Å². The van der Waals surface area contributed by atoms with Gasteiger partial charge in [0.05, 0.1) is 6.61 Å². The molecule has 2 heterocycles. The summed E-state index contributed by atoms with van der Waals surface area (Å²) in [6.07, 6.45) is 4.27. The Morgan fingerprint density at radius 1 is 1.10 bits per heavy atom. The van der Waals surface area contributed by atoms with E-state index >= 15 is 0 Å². The maximum Gasteiger partial charge on any atom is 0.341 e. The van der Waals surface area contributed by atoms with Crippen molar-refractivity contribution in [1.29, 1.82) is 0 Å². The van der Waals surface area contributed by atoms with Crippen LogP contribution in [0.5, 0.6) is 5.75 Å². The van der Waals surface area contributed by atoms with Crippen LogP contribution in [0, 0.1) is 6.92 Å². The number of aliphatic hydroxyl groups is 1. The monoisotopic (exact) mass is 389 g/mol. The zero-order valence-corrected chi connectivity index (χ0v) is 16.5. The second-order valence-electron chi connectivity index (χ2n) is 7.44. The van der Waals surface area contributed by atoms with Gasteiger partial charge in [0.1, 0.15) is 17.1 Å². The number of rotatable bonds is 2. The summed E-state index contributed by atoms with van der Waals surface area (Å²) in [5.74, 6) is -0.562. The van der Waals surface area contributed by atoms with Crippen molar-refractivity contribution in [2.45, 2.75) is 26.7 Å². The number of aliphatic hydroxyl groups excluding tert-OH is 1. The molecule has 2 aliphatic heterocycles. The van der Waals surface area contributed by atoms with Gasteiger partial charge in [-0.3, -0.25) is 4.99 Å². The highest BCUT2D eigenvalue weighted by Gasteiger charge is 2.25. The first-order valence-electron chi connectivity index (χ1n) is 9.69. The van der Waals surface area contributed by atoms with Crippen LogP contribution in [0.15, 0.2) is 52.7 Å². The highest BCUT2D eigenvalue weighted by molar-refractivity contribution is 6.09. The van der Waals surface area contributed by atoms with E-state index in [-0.39, 0.29) is 11.3 Å². The minimum absolute atomic E-state index is 0.198. The van der Waals surface area contributed by atoms with Crippen molar-refractivity contribution in [2.75, 3.05) is 13.2 Å². The highest BCUT2D eigenvalue weighted by atomic mass is 16.5. The highest BCUT2D eigenvalue weighted by Crippen LogP contribution is 2.43. The molecule has 0 aromatic heterocycles. The minimum atomic E-state index is -1.20. The number of hydrogen-bond acceptors (Lipinski definition) is 4. The van der Waals surface area contributed by atoms with Gasteiger partial charge < -0.3 is 14.9 Å². The van der Waals surface area contributed by atoms with E-state index in [0.29, 0.717) is 19.6 Å². The minimum Gasteiger partial charge on any atom is -0.507 e. The first kappa shape index (κ1) is 19.0. The Balaban J connectivity index is 1.96. The number of hydrogen-bond donors (Lipinski definition) is 2. The lowest BCUT2D eigenvalue weighted by atomic mass is 9.87. The number of carboxylic acids is 1. The van der Waals surface area contributed by atoms with E-state index in [4.69, 9.17) is 4.74 Å². The maximum atomic E-state index is 11.4. The van der Waals surface area contributed by atoms with E-state index in [1.165, 1.54) is 23.4 Å². The summed E-state index contributed by atoms with van der Waals surface area (Å²) in [5, 5.41) is 19.7. The van der Waals surface area contributed by atoms with Crippen molar-refractivity contribution in [1.82, 2.24) is 0 Å². The first-order chi connectivity index (χ1) is 14.0. The molecule has 29 heavy (non-hydrogen) atoms. The Labute approximate surface area is 169 Å². The van der Waals surface area contributed by atoms with E-state index in [0.717, 1.165) is 40.0 Å². The Hall–Kier alpha value is -3.34. The summed E-state index contributed by atoms with van der Waals surface area (Å²) in [6.45, 7) is 5.05. The average molecular weight is 389 g/mol. The smallest absolute Gasteiger partial charge is 0.341 e. The number of carboxylic acid groups (broad SMARTS) is 1. The van der Waals surface area contributed by atoms with Crippen molar-refractivity contribution >= 4 is 17.8 Å². The fourth-order valence-corrected chi connectivity index (χ4v) is 4.03. The topological polar surface area (TPSA) is 79.1 Å². The molecule has 4 rings (SSSR count). The summed E-state index contributed by atoms with van der Waals surface area (Å²) < 4.78 is 6.03. The van der Waals surface area contributed by atoms with E-state index in [2.05, 4.69) is 36.2 Å². The fourth-order valence-electron chi connectivity index (χ4n) is 4.03. The Kier molecular flexibility index (Phi) is 4.97. The SMILES string of the molecule is C/C1=C\C(O)=C(C(=O)O)C=NCCc2c1cc(-c1cccc(C)c1)c1c2CCO1. The molecule has 2 N–H and O–H groups in total. The normalized spacial score (nSPS) is 17.8. The molecule has 2 aliphatic rings. The third kappa shape index (κ3) is 3.56. The van der Waals surface area contributed by atoms with Crippen molar-refractivity contribution in [3.8, 4) is 16.9 Å². The molecular formula is C24H23NO4. The molecule has 0 amide bonds. The summed E-state index contributed by atoms with van der Waals surface area (Å²) in [4.78, 5) is 15.7. The third-order valence-electron chi connectivity index (χ3n) is 5.42. The summed E-state index contributed by atoms with van der Waals surface area (Å²) in [5.41, 5.74) is 7.24. The number of ether oxygens (including phenoxy) is 1. The van der Waals surface area contributed by atoms with Gasteiger partial charge in [-0.1, -0.05) is 29.8 Å². The average Bonchev–Trinajstić information content (AvgIpc) is 3.16. The molecule has 5 heteroatoms. The van der Waals surface area contributed by atoms with Crippen LogP contribution < -0.4 is 4.74 Å². The Bertz CT molecular complexity index is 1090. The molecule has 0 atom stereocenters. The van der Waals surface area contributed by atoms with Gasteiger partial charge in [-0.2, -0.15) is 0 Å². The molecule has 5 nitrogen and oxygen atoms in total. The molecule has 0 aliphatic carbocycles. The second kappa shape index (κ2) is 7.59. The lowest BCUT2D eigenvalue weighted by molar-refractivity contribution is -0.132. The van der Waals surface area contributed by atoms with Crippen molar-refractivity contribution in [3.63, 3.8) is 0 Å². The van der Waals surface area contributed by atoms with Crippen LogP contribution >= 0.6 is 0 Å². The van der Waals surface area contributed by atoms with E-state index in [1.54, 1.807) is 0 Å². The molecule has 0 radical (unpaired) electrons. The van der Waals surface area contributed by atoms with Crippen LogP contribution in [0.1, 0.15) is 29.2 Å². The summed E-state index contributed by atoms with van der Waals surface area (Å²) in [6, 6.07) is 10.4. The predicted octanol–water partition coefficient (Wildman–Crippen LogP) is 4.52. The number of carbonyl (C=O) groups is 1. The Morgan fingerprint density at radius 3 is 2.69 bits per heavy atom. The van der Waals surface area contributed by atoms with Crippen LogP contribution in [0.25, 0.3) is 16.7 Å². The fraction of sp³-hybridized carbons (Fsp3) is 0.250. The zero-order chi connectivity index (χ0) is 20.5. The number of nitrogens with zero attached hydrogens (tertiary/aromatic N) is 1. The lowest BCUT2D eigenvalue weighted by Gasteiger charge is -2.19.